The van der Waals surface area contributed by atoms with Crippen LogP contribution in [0.1, 0.15) is 39.5 Å². The molecular formula is C19H25ClN4O. The minimum Gasteiger partial charge on any atom is -0.347 e. The number of aromatic nitrogens is 2. The van der Waals surface area contributed by atoms with Gasteiger partial charge in [-0.3, -0.25) is 4.79 Å². The molecule has 1 saturated carbocycles. The van der Waals surface area contributed by atoms with Gasteiger partial charge in [-0.25, -0.2) is 4.98 Å². The Morgan fingerprint density at radius 3 is 2.68 bits per heavy atom. The molecule has 1 saturated heterocycles. The van der Waals surface area contributed by atoms with Gasteiger partial charge in [-0.05, 0) is 70.8 Å². The van der Waals surface area contributed by atoms with Crippen molar-refractivity contribution >= 4 is 28.5 Å². The number of nitrogens with zero attached hydrogens (tertiary/aromatic N) is 3. The first-order valence-electron chi connectivity index (χ1n) is 9.09. The van der Waals surface area contributed by atoms with Crippen molar-refractivity contribution in [2.24, 2.45) is 0 Å². The Bertz CT molecular complexity index is 803. The van der Waals surface area contributed by atoms with E-state index in [1.54, 1.807) is 6.07 Å². The smallest absolute Gasteiger partial charge is 0.246 e. The molecule has 6 heteroatoms. The Balaban J connectivity index is 1.54. The van der Waals surface area contributed by atoms with Crippen LogP contribution in [0.4, 0.5) is 0 Å². The lowest BCUT2D eigenvalue weighted by molar-refractivity contribution is -0.129. The number of nitrogens with one attached hydrogen (secondary N) is 1. The summed E-state index contributed by atoms with van der Waals surface area (Å²) in [6.07, 6.45) is 6.62. The summed E-state index contributed by atoms with van der Waals surface area (Å²) >= 11 is 6.06. The summed E-state index contributed by atoms with van der Waals surface area (Å²) in [4.78, 5) is 20.0. The molecule has 1 aliphatic carbocycles. The fraction of sp³-hybridized carbons (Fsp3) is 0.579. The molecule has 1 aliphatic heterocycles. The van der Waals surface area contributed by atoms with Gasteiger partial charge in [0, 0.05) is 18.1 Å². The quantitative estimate of drug-likeness (QED) is 0.833. The van der Waals surface area contributed by atoms with E-state index < -0.39 is 5.54 Å². The van der Waals surface area contributed by atoms with Crippen LogP contribution in [0.5, 0.6) is 0 Å². The molecule has 2 aliphatic rings. The zero-order valence-corrected chi connectivity index (χ0v) is 15.6. The van der Waals surface area contributed by atoms with E-state index in [4.69, 9.17) is 11.6 Å². The molecule has 0 spiro atoms. The van der Waals surface area contributed by atoms with Gasteiger partial charge in [-0.1, -0.05) is 11.6 Å². The first kappa shape index (κ1) is 16.9. The number of fused-ring (bicyclic) bond motifs is 1. The summed E-state index contributed by atoms with van der Waals surface area (Å²) in [5.41, 5.74) is -0.00993. The average Bonchev–Trinajstić information content (AvgIpc) is 2.98. The van der Waals surface area contributed by atoms with E-state index in [2.05, 4.69) is 15.2 Å². The number of hydrogen-bond donors (Lipinski definition) is 1. The lowest BCUT2D eigenvalue weighted by Crippen LogP contribution is -2.52. The zero-order valence-electron chi connectivity index (χ0n) is 14.9. The third-order valence-electron chi connectivity index (χ3n) is 5.62. The molecular weight excluding hydrogens is 336 g/mol. The lowest BCUT2D eigenvalue weighted by Gasteiger charge is -2.31. The van der Waals surface area contributed by atoms with Crippen LogP contribution in [0.15, 0.2) is 24.4 Å². The van der Waals surface area contributed by atoms with Crippen LogP contribution in [0.2, 0.25) is 5.15 Å². The molecule has 2 aromatic heterocycles. The molecule has 4 rings (SSSR count). The highest BCUT2D eigenvalue weighted by Gasteiger charge is 2.47. The van der Waals surface area contributed by atoms with Crippen molar-refractivity contribution in [3.8, 4) is 0 Å². The van der Waals surface area contributed by atoms with E-state index >= 15 is 0 Å². The normalized spacial score (nSPS) is 20.1. The van der Waals surface area contributed by atoms with Gasteiger partial charge in [0.15, 0.2) is 0 Å². The van der Waals surface area contributed by atoms with E-state index in [1.807, 2.05) is 36.7 Å². The molecule has 25 heavy (non-hydrogen) atoms. The number of pyridine rings is 1. The second-order valence-corrected chi connectivity index (χ2v) is 8.40. The molecule has 0 unspecified atom stereocenters. The van der Waals surface area contributed by atoms with Crippen LogP contribution in [-0.4, -0.2) is 45.5 Å². The molecule has 2 fully saturated rings. The Hall–Kier alpha value is -1.59. The van der Waals surface area contributed by atoms with Crippen LogP contribution in [0.3, 0.4) is 0 Å². The standard InChI is InChI=1S/C19H25ClN4O/c1-18(2,24-12-7-14-5-6-15(20)21-16(14)24)17(25)22-19(8-9-19)13-23-10-3-4-11-23/h5-7,12H,3-4,8-11,13H2,1-2H3,(H,22,25). The number of carbonyl (C=O) groups is 1. The highest BCUT2D eigenvalue weighted by molar-refractivity contribution is 6.29. The highest BCUT2D eigenvalue weighted by atomic mass is 35.5. The van der Waals surface area contributed by atoms with Gasteiger partial charge in [0.1, 0.15) is 16.3 Å². The van der Waals surface area contributed by atoms with Crippen LogP contribution < -0.4 is 5.32 Å². The summed E-state index contributed by atoms with van der Waals surface area (Å²) < 4.78 is 1.93. The molecule has 3 heterocycles. The van der Waals surface area contributed by atoms with Crippen molar-refractivity contribution in [2.75, 3.05) is 19.6 Å². The number of likely N-dealkylation sites (tertiary alicyclic amines) is 1. The Morgan fingerprint density at radius 2 is 2.00 bits per heavy atom. The number of amides is 1. The molecule has 0 bridgehead atoms. The maximum Gasteiger partial charge on any atom is 0.246 e. The Kier molecular flexibility index (Phi) is 4.04. The van der Waals surface area contributed by atoms with E-state index in [-0.39, 0.29) is 11.4 Å². The molecule has 0 atom stereocenters. The summed E-state index contributed by atoms with van der Waals surface area (Å²) in [5.74, 6) is 0.0449. The first-order valence-corrected chi connectivity index (χ1v) is 9.47. The van der Waals surface area contributed by atoms with Gasteiger partial charge in [-0.15, -0.1) is 0 Å². The van der Waals surface area contributed by atoms with Gasteiger partial charge in [0.2, 0.25) is 5.91 Å². The van der Waals surface area contributed by atoms with E-state index in [9.17, 15) is 4.79 Å². The van der Waals surface area contributed by atoms with E-state index in [0.717, 1.165) is 43.5 Å². The Labute approximate surface area is 153 Å². The molecule has 0 aromatic carbocycles. The summed E-state index contributed by atoms with van der Waals surface area (Å²) in [6, 6.07) is 5.69. The number of carbonyl (C=O) groups excluding carboxylic acids is 1. The third-order valence-corrected chi connectivity index (χ3v) is 5.83. The fourth-order valence-electron chi connectivity index (χ4n) is 3.78. The lowest BCUT2D eigenvalue weighted by atomic mass is 10.0. The predicted molar refractivity (Wildman–Crippen MR) is 99.8 cm³/mol. The van der Waals surface area contributed by atoms with E-state index in [0.29, 0.717) is 5.15 Å². The average molecular weight is 361 g/mol. The van der Waals surface area contributed by atoms with Gasteiger partial charge in [0.25, 0.3) is 0 Å². The third kappa shape index (κ3) is 3.15. The van der Waals surface area contributed by atoms with Gasteiger partial charge >= 0.3 is 0 Å². The van der Waals surface area contributed by atoms with Gasteiger partial charge in [-0.2, -0.15) is 0 Å². The molecule has 0 radical (unpaired) electrons. The molecule has 1 N–H and O–H groups in total. The maximum absolute atomic E-state index is 13.1. The number of halogens is 1. The van der Waals surface area contributed by atoms with Crippen LogP contribution in [0.25, 0.3) is 11.0 Å². The summed E-state index contributed by atoms with van der Waals surface area (Å²) in [7, 11) is 0. The monoisotopic (exact) mass is 360 g/mol. The Morgan fingerprint density at radius 1 is 1.28 bits per heavy atom. The van der Waals surface area contributed by atoms with Crippen LogP contribution in [0, 0.1) is 0 Å². The van der Waals surface area contributed by atoms with Crippen LogP contribution >= 0.6 is 11.6 Å². The van der Waals surface area contributed by atoms with Gasteiger partial charge < -0.3 is 14.8 Å². The SMILES string of the molecule is CC(C)(C(=O)NC1(CN2CCCC2)CC1)n1ccc2ccc(Cl)nc21. The van der Waals surface area contributed by atoms with Crippen molar-refractivity contribution in [1.29, 1.82) is 0 Å². The number of rotatable bonds is 5. The predicted octanol–water partition coefficient (Wildman–Crippen LogP) is 3.17. The summed E-state index contributed by atoms with van der Waals surface area (Å²) in [5, 5.41) is 4.77. The molecule has 1 amide bonds. The largest absolute Gasteiger partial charge is 0.347 e. The fourth-order valence-corrected chi connectivity index (χ4v) is 3.92. The minimum absolute atomic E-state index is 0.0350. The topological polar surface area (TPSA) is 50.2 Å². The van der Waals surface area contributed by atoms with Crippen LogP contribution in [-0.2, 0) is 10.3 Å². The van der Waals surface area contributed by atoms with Crippen molar-refractivity contribution in [3.05, 3.63) is 29.5 Å². The number of hydrogen-bond acceptors (Lipinski definition) is 3. The zero-order chi connectivity index (χ0) is 17.7. The van der Waals surface area contributed by atoms with Crippen molar-refractivity contribution in [3.63, 3.8) is 0 Å². The van der Waals surface area contributed by atoms with Crippen molar-refractivity contribution < 1.29 is 4.79 Å². The molecule has 2 aromatic rings. The second kappa shape index (κ2) is 5.99. The van der Waals surface area contributed by atoms with Crippen molar-refractivity contribution in [2.45, 2.75) is 50.6 Å². The second-order valence-electron chi connectivity index (χ2n) is 8.01. The van der Waals surface area contributed by atoms with E-state index in [1.165, 1.54) is 12.8 Å². The first-order chi connectivity index (χ1) is 11.9. The van der Waals surface area contributed by atoms with Crippen molar-refractivity contribution in [1.82, 2.24) is 19.8 Å². The molecule has 134 valence electrons. The summed E-state index contributed by atoms with van der Waals surface area (Å²) in [6.45, 7) is 7.18. The molecule has 5 nitrogen and oxygen atoms in total. The van der Waals surface area contributed by atoms with Gasteiger partial charge in [0.05, 0.1) is 5.54 Å². The minimum atomic E-state index is -0.722. The highest BCUT2D eigenvalue weighted by Crippen LogP contribution is 2.38. The maximum atomic E-state index is 13.1.